The maximum atomic E-state index is 11.5. The molecule has 8 heteroatoms. The number of aromatic nitrogens is 2. The third kappa shape index (κ3) is 3.67. The molecule has 5 rings (SSSR count). The summed E-state index contributed by atoms with van der Waals surface area (Å²) < 4.78 is 11.5. The number of aromatic hydroxyl groups is 1. The van der Waals surface area contributed by atoms with Crippen molar-refractivity contribution in [2.24, 2.45) is 4.99 Å². The van der Waals surface area contributed by atoms with Crippen LogP contribution in [0, 0.1) is 0 Å². The third-order valence-corrected chi connectivity index (χ3v) is 5.83. The molecule has 0 amide bonds. The van der Waals surface area contributed by atoms with E-state index in [1.807, 2.05) is 24.3 Å². The van der Waals surface area contributed by atoms with E-state index in [4.69, 9.17) is 9.47 Å². The van der Waals surface area contributed by atoms with Gasteiger partial charge in [0, 0.05) is 11.6 Å². The average molecular weight is 443 g/mol. The molecule has 7 nitrogen and oxygen atoms in total. The van der Waals surface area contributed by atoms with Crippen molar-refractivity contribution in [3.05, 3.63) is 77.3 Å². The molecule has 0 unspecified atom stereocenters. The van der Waals surface area contributed by atoms with Crippen LogP contribution in [-0.4, -0.2) is 34.4 Å². The molecule has 2 aromatic heterocycles. The van der Waals surface area contributed by atoms with Gasteiger partial charge < -0.3 is 19.6 Å². The van der Waals surface area contributed by atoms with Crippen molar-refractivity contribution < 1.29 is 19.4 Å². The quantitative estimate of drug-likeness (QED) is 0.264. The zero-order valence-corrected chi connectivity index (χ0v) is 17.7. The lowest BCUT2D eigenvalue weighted by molar-refractivity contribution is 0.0600. The molecular formula is C24H17N3O4S. The van der Waals surface area contributed by atoms with Crippen molar-refractivity contribution in [3.63, 3.8) is 0 Å². The van der Waals surface area contributed by atoms with E-state index in [9.17, 15) is 9.90 Å². The molecule has 0 aliphatic carbocycles. The topological polar surface area (TPSA) is 96.8 Å². The molecule has 0 aliphatic heterocycles. The van der Waals surface area contributed by atoms with E-state index in [1.54, 1.807) is 48.1 Å². The van der Waals surface area contributed by atoms with Crippen molar-refractivity contribution in [3.8, 4) is 17.4 Å². The Morgan fingerprint density at radius 3 is 2.50 bits per heavy atom. The number of H-pyrrole nitrogens is 1. The summed E-state index contributed by atoms with van der Waals surface area (Å²) in [5, 5.41) is 11.3. The summed E-state index contributed by atoms with van der Waals surface area (Å²) in [5.41, 5.74) is 5.31. The highest BCUT2D eigenvalue weighted by molar-refractivity contribution is 7.17. The lowest BCUT2D eigenvalue weighted by atomic mass is 10.1. The summed E-state index contributed by atoms with van der Waals surface area (Å²) in [6.45, 7) is 0. The van der Waals surface area contributed by atoms with Gasteiger partial charge in [0.25, 0.3) is 0 Å². The van der Waals surface area contributed by atoms with Crippen molar-refractivity contribution in [2.75, 3.05) is 7.11 Å². The fraction of sp³-hybridized carbons (Fsp3) is 0.0417. The Morgan fingerprint density at radius 1 is 1.06 bits per heavy atom. The van der Waals surface area contributed by atoms with Crippen LogP contribution in [0.2, 0.25) is 0 Å². The highest BCUT2D eigenvalue weighted by Crippen LogP contribution is 2.34. The van der Waals surface area contributed by atoms with Gasteiger partial charge in [0.15, 0.2) is 5.88 Å². The Labute approximate surface area is 186 Å². The van der Waals surface area contributed by atoms with E-state index in [0.717, 1.165) is 21.1 Å². The van der Waals surface area contributed by atoms with E-state index >= 15 is 0 Å². The smallest absolute Gasteiger partial charge is 0.337 e. The number of esters is 1. The maximum Gasteiger partial charge on any atom is 0.337 e. The lowest BCUT2D eigenvalue weighted by Crippen LogP contribution is -2.00. The highest BCUT2D eigenvalue weighted by Gasteiger charge is 2.13. The fourth-order valence-corrected chi connectivity index (χ4v) is 4.24. The number of hydrogen-bond acceptors (Lipinski definition) is 7. The number of hydrogen-bond donors (Lipinski definition) is 2. The molecule has 0 saturated heterocycles. The number of carbonyl (C=O) groups is 1. The third-order valence-electron chi connectivity index (χ3n) is 4.97. The minimum absolute atomic E-state index is 0.0694. The summed E-state index contributed by atoms with van der Waals surface area (Å²) in [6.07, 6.45) is 1.65. The molecule has 5 aromatic rings. The van der Waals surface area contributed by atoms with Crippen LogP contribution in [0.4, 0.5) is 5.69 Å². The number of ether oxygens (including phenoxy) is 2. The number of fused-ring (bicyclic) bond motifs is 3. The van der Waals surface area contributed by atoms with E-state index in [0.29, 0.717) is 28.3 Å². The van der Waals surface area contributed by atoms with Crippen LogP contribution < -0.4 is 4.74 Å². The number of thiazole rings is 1. The first-order valence-electron chi connectivity index (χ1n) is 9.69. The second-order valence-corrected chi connectivity index (χ2v) is 7.80. The van der Waals surface area contributed by atoms with E-state index < -0.39 is 5.97 Å². The van der Waals surface area contributed by atoms with Crippen molar-refractivity contribution in [1.29, 1.82) is 0 Å². The molecule has 0 radical (unpaired) electrons. The standard InChI is InChI=1S/C24H17N3O4S/c1-30-24(29)14-2-6-16(7-3-14)31-17-8-4-15(5-9-17)25-12-18-21-19(27-23(18)28)10-11-20-22(21)32-13-26-20/h2-13,27-28H,1H3. The zero-order chi connectivity index (χ0) is 22.1. The Morgan fingerprint density at radius 2 is 1.78 bits per heavy atom. The van der Waals surface area contributed by atoms with Crippen LogP contribution in [0.3, 0.4) is 0 Å². The normalized spacial score (nSPS) is 11.4. The van der Waals surface area contributed by atoms with Crippen LogP contribution in [0.15, 0.2) is 71.2 Å². The van der Waals surface area contributed by atoms with Crippen LogP contribution in [-0.2, 0) is 4.74 Å². The highest BCUT2D eigenvalue weighted by atomic mass is 32.1. The molecule has 0 atom stereocenters. The fourth-order valence-electron chi connectivity index (χ4n) is 3.39. The van der Waals surface area contributed by atoms with Gasteiger partial charge in [0.2, 0.25) is 0 Å². The SMILES string of the molecule is COC(=O)c1ccc(Oc2ccc(N=Cc3c(O)[nH]c4ccc5ncsc5c34)cc2)cc1. The van der Waals surface area contributed by atoms with Gasteiger partial charge in [-0.25, -0.2) is 9.78 Å². The van der Waals surface area contributed by atoms with Crippen molar-refractivity contribution in [2.45, 2.75) is 0 Å². The van der Waals surface area contributed by atoms with E-state index in [-0.39, 0.29) is 5.88 Å². The maximum absolute atomic E-state index is 11.5. The Bertz CT molecular complexity index is 1450. The van der Waals surface area contributed by atoms with Crippen molar-refractivity contribution >= 4 is 50.3 Å². The van der Waals surface area contributed by atoms with E-state index in [2.05, 4.69) is 15.0 Å². The van der Waals surface area contributed by atoms with Crippen LogP contribution in [0.5, 0.6) is 17.4 Å². The molecular weight excluding hydrogens is 426 g/mol. The summed E-state index contributed by atoms with van der Waals surface area (Å²) in [6, 6.07) is 17.8. The second-order valence-electron chi connectivity index (χ2n) is 6.95. The number of carbonyl (C=O) groups excluding carboxylic acids is 1. The summed E-state index contributed by atoms with van der Waals surface area (Å²) in [5.74, 6) is 0.915. The first kappa shape index (κ1) is 19.8. The monoisotopic (exact) mass is 443 g/mol. The van der Waals surface area contributed by atoms with E-state index in [1.165, 1.54) is 18.4 Å². The van der Waals surface area contributed by atoms with Gasteiger partial charge in [-0.15, -0.1) is 11.3 Å². The first-order chi connectivity index (χ1) is 15.6. The molecule has 158 valence electrons. The molecule has 0 saturated carbocycles. The predicted octanol–water partition coefficient (Wildman–Crippen LogP) is 5.81. The van der Waals surface area contributed by atoms with Gasteiger partial charge in [-0.3, -0.25) is 4.99 Å². The summed E-state index contributed by atoms with van der Waals surface area (Å²) in [7, 11) is 1.34. The van der Waals surface area contributed by atoms with Crippen LogP contribution in [0.25, 0.3) is 21.1 Å². The largest absolute Gasteiger partial charge is 0.494 e. The van der Waals surface area contributed by atoms with Gasteiger partial charge in [-0.05, 0) is 60.7 Å². The number of methoxy groups -OCH3 is 1. The number of nitrogens with zero attached hydrogens (tertiary/aromatic N) is 2. The van der Waals surface area contributed by atoms with Crippen molar-refractivity contribution in [1.82, 2.24) is 9.97 Å². The Kier molecular flexibility index (Phi) is 5.04. The number of nitrogens with one attached hydrogen (secondary N) is 1. The zero-order valence-electron chi connectivity index (χ0n) is 16.9. The lowest BCUT2D eigenvalue weighted by Gasteiger charge is -2.06. The number of rotatable bonds is 5. The minimum atomic E-state index is -0.393. The van der Waals surface area contributed by atoms with Gasteiger partial charge in [0.1, 0.15) is 11.5 Å². The predicted molar refractivity (Wildman–Crippen MR) is 125 cm³/mol. The Balaban J connectivity index is 1.35. The van der Waals surface area contributed by atoms with Gasteiger partial charge in [0.05, 0.1) is 45.2 Å². The molecule has 3 aromatic carbocycles. The minimum Gasteiger partial charge on any atom is -0.494 e. The number of aromatic amines is 1. The number of benzene rings is 3. The number of aliphatic imine (C=N–C) groups is 1. The molecule has 0 spiro atoms. The van der Waals surface area contributed by atoms with Crippen LogP contribution in [0.1, 0.15) is 15.9 Å². The molecule has 0 aliphatic rings. The van der Waals surface area contributed by atoms with Crippen LogP contribution >= 0.6 is 11.3 Å². The molecule has 0 fully saturated rings. The van der Waals surface area contributed by atoms with Gasteiger partial charge in [-0.2, -0.15) is 0 Å². The molecule has 32 heavy (non-hydrogen) atoms. The molecule has 2 N–H and O–H groups in total. The molecule has 0 bridgehead atoms. The Hall–Kier alpha value is -4.17. The average Bonchev–Trinajstić information content (AvgIpc) is 3.42. The molecule has 2 heterocycles. The second kappa shape index (κ2) is 8.16. The van der Waals surface area contributed by atoms with Gasteiger partial charge in [-0.1, -0.05) is 0 Å². The summed E-state index contributed by atoms with van der Waals surface area (Å²) in [4.78, 5) is 23.4. The summed E-state index contributed by atoms with van der Waals surface area (Å²) >= 11 is 1.53. The van der Waals surface area contributed by atoms with Gasteiger partial charge >= 0.3 is 5.97 Å². The first-order valence-corrected chi connectivity index (χ1v) is 10.6.